The Labute approximate surface area is 186 Å². The van der Waals surface area contributed by atoms with E-state index < -0.39 is 0 Å². The standard InChI is InChI=1S/C29H46O/c1-7-21(19(2)3)9-8-20(4)25-12-13-26-24-11-10-22-18-23(30)14-16-28(22,5)27(24)15-17-29(25,26)6/h7,11,19-20,22,25-27H,8-10,12-18H2,1-6H3/b21-7-. The van der Waals surface area contributed by atoms with Gasteiger partial charge in [-0.05, 0) is 105 Å². The van der Waals surface area contributed by atoms with Gasteiger partial charge >= 0.3 is 0 Å². The first-order valence-corrected chi connectivity index (χ1v) is 13.1. The van der Waals surface area contributed by atoms with E-state index >= 15 is 0 Å². The van der Waals surface area contributed by atoms with Gasteiger partial charge < -0.3 is 0 Å². The molecule has 4 rings (SSSR count). The molecule has 4 aliphatic carbocycles. The maximum atomic E-state index is 12.1. The predicted molar refractivity (Wildman–Crippen MR) is 127 cm³/mol. The molecule has 0 spiro atoms. The minimum Gasteiger partial charge on any atom is -0.300 e. The van der Waals surface area contributed by atoms with Crippen molar-refractivity contribution >= 4 is 5.78 Å². The van der Waals surface area contributed by atoms with Crippen LogP contribution in [0.4, 0.5) is 0 Å². The molecule has 4 aliphatic rings. The molecule has 0 radical (unpaired) electrons. The number of hydrogen-bond donors (Lipinski definition) is 0. The Morgan fingerprint density at radius 1 is 1.10 bits per heavy atom. The van der Waals surface area contributed by atoms with Crippen LogP contribution < -0.4 is 0 Å². The fourth-order valence-corrected chi connectivity index (χ4v) is 8.64. The quantitative estimate of drug-likeness (QED) is 0.418. The highest BCUT2D eigenvalue weighted by molar-refractivity contribution is 5.79. The van der Waals surface area contributed by atoms with Gasteiger partial charge in [-0.15, -0.1) is 0 Å². The summed E-state index contributed by atoms with van der Waals surface area (Å²) in [5, 5.41) is 0. The first-order chi connectivity index (χ1) is 14.2. The Morgan fingerprint density at radius 2 is 1.83 bits per heavy atom. The van der Waals surface area contributed by atoms with E-state index in [1.165, 1.54) is 44.9 Å². The topological polar surface area (TPSA) is 17.1 Å². The van der Waals surface area contributed by atoms with Crippen molar-refractivity contribution in [3.63, 3.8) is 0 Å². The molecular weight excluding hydrogens is 364 g/mol. The molecule has 30 heavy (non-hydrogen) atoms. The van der Waals surface area contributed by atoms with Gasteiger partial charge in [0.05, 0.1) is 0 Å². The molecule has 3 fully saturated rings. The third-order valence-corrected chi connectivity index (χ3v) is 10.7. The van der Waals surface area contributed by atoms with Crippen LogP contribution in [0.1, 0.15) is 106 Å². The highest BCUT2D eigenvalue weighted by atomic mass is 16.1. The van der Waals surface area contributed by atoms with Crippen molar-refractivity contribution < 1.29 is 4.79 Å². The Kier molecular flexibility index (Phi) is 6.15. The van der Waals surface area contributed by atoms with Crippen molar-refractivity contribution in [1.82, 2.24) is 0 Å². The van der Waals surface area contributed by atoms with Crippen LogP contribution in [0.2, 0.25) is 0 Å². The molecule has 0 amide bonds. The summed E-state index contributed by atoms with van der Waals surface area (Å²) in [6.07, 6.45) is 17.3. The van der Waals surface area contributed by atoms with E-state index in [-0.39, 0.29) is 0 Å². The predicted octanol–water partition coefficient (Wildman–Crippen LogP) is 8.15. The Hall–Kier alpha value is -0.850. The zero-order chi connectivity index (χ0) is 21.7. The van der Waals surface area contributed by atoms with Crippen LogP contribution in [-0.4, -0.2) is 5.78 Å². The average molecular weight is 411 g/mol. The van der Waals surface area contributed by atoms with Crippen LogP contribution in [-0.2, 0) is 4.79 Å². The summed E-state index contributed by atoms with van der Waals surface area (Å²) in [6.45, 7) is 14.7. The SMILES string of the molecule is C/C=C(/CCC(C)C1CCC2C3=CCC4CC(=O)CCC4(C)C3CCC21C)C(C)C. The lowest BCUT2D eigenvalue weighted by Gasteiger charge is -2.57. The molecule has 0 N–H and O–H groups in total. The molecule has 0 aliphatic heterocycles. The average Bonchev–Trinajstić information content (AvgIpc) is 3.06. The van der Waals surface area contributed by atoms with E-state index in [2.05, 4.69) is 53.7 Å². The van der Waals surface area contributed by atoms with Crippen molar-refractivity contribution in [3.8, 4) is 0 Å². The summed E-state index contributed by atoms with van der Waals surface area (Å²) >= 11 is 0. The van der Waals surface area contributed by atoms with Gasteiger partial charge in [0.2, 0.25) is 0 Å². The maximum absolute atomic E-state index is 12.1. The fourth-order valence-electron chi connectivity index (χ4n) is 8.64. The lowest BCUT2D eigenvalue weighted by atomic mass is 9.47. The summed E-state index contributed by atoms with van der Waals surface area (Å²) < 4.78 is 0. The number of carbonyl (C=O) groups is 1. The Morgan fingerprint density at radius 3 is 2.53 bits per heavy atom. The van der Waals surface area contributed by atoms with Crippen molar-refractivity contribution in [3.05, 3.63) is 23.3 Å². The summed E-state index contributed by atoms with van der Waals surface area (Å²) in [6, 6.07) is 0. The third kappa shape index (κ3) is 3.57. The molecule has 0 saturated heterocycles. The van der Waals surface area contributed by atoms with Crippen LogP contribution in [0.5, 0.6) is 0 Å². The zero-order valence-electron chi connectivity index (χ0n) is 20.6. The van der Waals surface area contributed by atoms with Crippen molar-refractivity contribution in [2.75, 3.05) is 0 Å². The number of rotatable bonds is 5. The van der Waals surface area contributed by atoms with E-state index in [1.807, 2.05) is 5.57 Å². The van der Waals surface area contributed by atoms with Crippen molar-refractivity contribution in [2.45, 2.75) is 106 Å². The second-order valence-electron chi connectivity index (χ2n) is 12.3. The van der Waals surface area contributed by atoms with E-state index in [9.17, 15) is 4.79 Å². The molecule has 0 heterocycles. The molecule has 7 unspecified atom stereocenters. The van der Waals surface area contributed by atoms with Crippen LogP contribution in [0.25, 0.3) is 0 Å². The van der Waals surface area contributed by atoms with Crippen LogP contribution in [0.15, 0.2) is 23.3 Å². The van der Waals surface area contributed by atoms with Crippen LogP contribution in [0.3, 0.4) is 0 Å². The number of fused-ring (bicyclic) bond motifs is 5. The van der Waals surface area contributed by atoms with Crippen molar-refractivity contribution in [2.24, 2.45) is 46.3 Å². The molecule has 0 bridgehead atoms. The number of hydrogen-bond acceptors (Lipinski definition) is 1. The second-order valence-corrected chi connectivity index (χ2v) is 12.3. The minimum absolute atomic E-state index is 0.390. The molecule has 7 atom stereocenters. The monoisotopic (exact) mass is 410 g/mol. The Balaban J connectivity index is 1.50. The summed E-state index contributed by atoms with van der Waals surface area (Å²) in [5.41, 5.74) is 4.37. The van der Waals surface area contributed by atoms with Gasteiger partial charge in [0.25, 0.3) is 0 Å². The molecule has 1 heteroatoms. The van der Waals surface area contributed by atoms with Gasteiger partial charge in [-0.1, -0.05) is 57.9 Å². The smallest absolute Gasteiger partial charge is 0.133 e. The summed E-state index contributed by atoms with van der Waals surface area (Å²) in [5.74, 6) is 5.10. The highest BCUT2D eigenvalue weighted by Crippen LogP contribution is 2.66. The normalized spacial score (nSPS) is 42.4. The first kappa shape index (κ1) is 22.3. The molecule has 0 aromatic heterocycles. The van der Waals surface area contributed by atoms with Crippen LogP contribution >= 0.6 is 0 Å². The van der Waals surface area contributed by atoms with Gasteiger partial charge in [-0.25, -0.2) is 0 Å². The van der Waals surface area contributed by atoms with E-state index in [4.69, 9.17) is 0 Å². The maximum Gasteiger partial charge on any atom is 0.133 e. The van der Waals surface area contributed by atoms with E-state index in [0.29, 0.717) is 28.4 Å². The molecule has 3 saturated carbocycles. The van der Waals surface area contributed by atoms with Gasteiger partial charge in [0.15, 0.2) is 0 Å². The van der Waals surface area contributed by atoms with Gasteiger partial charge in [0, 0.05) is 12.8 Å². The largest absolute Gasteiger partial charge is 0.300 e. The van der Waals surface area contributed by atoms with E-state index in [1.54, 1.807) is 5.57 Å². The number of allylic oxidation sites excluding steroid dienone is 4. The number of carbonyl (C=O) groups excluding carboxylic acids is 1. The molecule has 0 aromatic carbocycles. The lowest BCUT2D eigenvalue weighted by Crippen LogP contribution is -2.49. The lowest BCUT2D eigenvalue weighted by molar-refractivity contribution is -0.127. The summed E-state index contributed by atoms with van der Waals surface area (Å²) in [7, 11) is 0. The summed E-state index contributed by atoms with van der Waals surface area (Å²) in [4.78, 5) is 12.1. The molecular formula is C29H46O. The minimum atomic E-state index is 0.390. The third-order valence-electron chi connectivity index (χ3n) is 10.7. The van der Waals surface area contributed by atoms with Crippen molar-refractivity contribution in [1.29, 1.82) is 0 Å². The number of ketones is 1. The van der Waals surface area contributed by atoms with Gasteiger partial charge in [-0.2, -0.15) is 0 Å². The molecule has 1 nitrogen and oxygen atoms in total. The second kappa shape index (κ2) is 8.25. The fraction of sp³-hybridized carbons (Fsp3) is 0.828. The Bertz CT molecular complexity index is 727. The van der Waals surface area contributed by atoms with E-state index in [0.717, 1.165) is 42.9 Å². The van der Waals surface area contributed by atoms with Crippen LogP contribution in [0, 0.1) is 46.3 Å². The first-order valence-electron chi connectivity index (χ1n) is 13.1. The highest BCUT2D eigenvalue weighted by Gasteiger charge is 2.58. The number of Topliss-reactive ketones (excluding diaryl/α,β-unsaturated/α-hetero) is 1. The van der Waals surface area contributed by atoms with Gasteiger partial charge in [0.1, 0.15) is 5.78 Å². The van der Waals surface area contributed by atoms with Gasteiger partial charge in [-0.3, -0.25) is 4.79 Å². The molecule has 0 aromatic rings. The zero-order valence-corrected chi connectivity index (χ0v) is 20.6. The molecule has 168 valence electrons.